The fourth-order valence-corrected chi connectivity index (χ4v) is 3.63. The minimum Gasteiger partial charge on any atom is -0.135 e. The highest BCUT2D eigenvalue weighted by molar-refractivity contribution is 7.26. The van der Waals surface area contributed by atoms with Crippen molar-refractivity contribution in [3.05, 3.63) is 72.1 Å². The van der Waals surface area contributed by atoms with Crippen LogP contribution in [0.2, 0.25) is 0 Å². The largest absolute Gasteiger partial charge is 0.135 e. The molecule has 1 heterocycles. The van der Waals surface area contributed by atoms with Crippen LogP contribution in [0.5, 0.6) is 0 Å². The van der Waals surface area contributed by atoms with Gasteiger partial charge >= 0.3 is 0 Å². The van der Waals surface area contributed by atoms with Crippen molar-refractivity contribution in [1.82, 2.24) is 0 Å². The van der Waals surface area contributed by atoms with Gasteiger partial charge in [-0.1, -0.05) is 60.5 Å². The van der Waals surface area contributed by atoms with Crippen LogP contribution < -0.4 is 0 Å². The quantitative estimate of drug-likeness (QED) is 0.399. The van der Waals surface area contributed by atoms with Gasteiger partial charge in [0.15, 0.2) is 0 Å². The highest BCUT2D eigenvalue weighted by Gasteiger charge is 2.10. The lowest BCUT2D eigenvalue weighted by atomic mass is 10.0. The van der Waals surface area contributed by atoms with Gasteiger partial charge in [0.1, 0.15) is 0 Å². The Morgan fingerprint density at radius 2 is 1.75 bits per heavy atom. The van der Waals surface area contributed by atoms with Gasteiger partial charge in [0, 0.05) is 20.2 Å². The zero-order valence-corrected chi connectivity index (χ0v) is 11.6. The second kappa shape index (κ2) is 4.46. The molecule has 0 atom stereocenters. The highest BCUT2D eigenvalue weighted by atomic mass is 32.1. The molecule has 0 bridgehead atoms. The van der Waals surface area contributed by atoms with Crippen LogP contribution in [0.25, 0.3) is 31.3 Å². The van der Waals surface area contributed by atoms with Crippen molar-refractivity contribution in [3.63, 3.8) is 0 Å². The average Bonchev–Trinajstić information content (AvgIpc) is 3.04. The number of hydrogen-bond donors (Lipinski definition) is 0. The molecule has 0 nitrogen and oxygen atoms in total. The number of benzene rings is 3. The molecule has 3 aromatic carbocycles. The van der Waals surface area contributed by atoms with Crippen molar-refractivity contribution in [2.45, 2.75) is 6.92 Å². The summed E-state index contributed by atoms with van der Waals surface area (Å²) in [4.78, 5) is 0. The van der Waals surface area contributed by atoms with Gasteiger partial charge in [-0.3, -0.25) is 0 Å². The molecule has 0 radical (unpaired) electrons. The van der Waals surface area contributed by atoms with Gasteiger partial charge in [-0.25, -0.2) is 0 Å². The van der Waals surface area contributed by atoms with Crippen molar-refractivity contribution in [2.75, 3.05) is 0 Å². The second-order valence-corrected chi connectivity index (χ2v) is 5.65. The van der Waals surface area contributed by atoms with Crippen molar-refractivity contribution >= 4 is 31.5 Å². The Kier molecular flexibility index (Phi) is 1.57. The summed E-state index contributed by atoms with van der Waals surface area (Å²) in [5.41, 5.74) is 1.89. The molecule has 1 aromatic heterocycles. The van der Waals surface area contributed by atoms with Gasteiger partial charge in [-0.15, -0.1) is 11.3 Å². The molecule has 0 fully saturated rings. The molecule has 1 heteroatoms. The fraction of sp³-hybridized carbons (Fsp3) is 0.0526. The predicted molar refractivity (Wildman–Crippen MR) is 89.5 cm³/mol. The molecule has 4 aromatic rings. The fourth-order valence-electron chi connectivity index (χ4n) is 2.44. The van der Waals surface area contributed by atoms with E-state index in [1.165, 1.54) is 11.3 Å². The van der Waals surface area contributed by atoms with Gasteiger partial charge in [0.05, 0.1) is 8.22 Å². The number of rotatable bonds is 1. The van der Waals surface area contributed by atoms with Crippen molar-refractivity contribution in [3.8, 4) is 11.1 Å². The van der Waals surface area contributed by atoms with Crippen LogP contribution in [0.3, 0.4) is 0 Å². The van der Waals surface area contributed by atoms with Crippen LogP contribution in [0, 0.1) is 6.92 Å². The summed E-state index contributed by atoms with van der Waals surface area (Å²) in [5, 5.41) is 1.09. The third-order valence-electron chi connectivity index (χ3n) is 3.37. The molecule has 0 N–H and O–H groups in total. The number of thiophene rings is 1. The molecule has 0 amide bonds. The minimum atomic E-state index is -0.163. The Hall–Kier alpha value is -2.12. The third-order valence-corrected chi connectivity index (χ3v) is 4.50. The van der Waals surface area contributed by atoms with Gasteiger partial charge in [-0.2, -0.15) is 0 Å². The molecule has 4 rings (SSSR count). The summed E-state index contributed by atoms with van der Waals surface area (Å²) in [6, 6.07) is 8.89. The van der Waals surface area contributed by atoms with Crippen LogP contribution >= 0.6 is 11.3 Å². The molecule has 0 aliphatic rings. The molecular formula is C19H14S. The molecular weight excluding hydrogens is 260 g/mol. The lowest BCUT2D eigenvalue weighted by Crippen LogP contribution is -1.77. The summed E-state index contributed by atoms with van der Waals surface area (Å²) in [6.07, 6.45) is 0. The van der Waals surface area contributed by atoms with E-state index < -0.39 is 0 Å². The normalized spacial score (nSPS) is 15.4. The Morgan fingerprint density at radius 3 is 2.60 bits per heavy atom. The van der Waals surface area contributed by atoms with Crippen LogP contribution in [0.4, 0.5) is 0 Å². The molecule has 0 saturated heterocycles. The van der Waals surface area contributed by atoms with E-state index >= 15 is 0 Å². The summed E-state index contributed by atoms with van der Waals surface area (Å²) in [7, 11) is 0. The van der Waals surface area contributed by atoms with E-state index in [1.807, 2.05) is 30.3 Å². The lowest BCUT2D eigenvalue weighted by molar-refractivity contribution is 1.55. The summed E-state index contributed by atoms with van der Waals surface area (Å²) >= 11 is 1.27. The van der Waals surface area contributed by atoms with Crippen LogP contribution in [0.15, 0.2) is 66.6 Å². The highest BCUT2D eigenvalue weighted by Crippen LogP contribution is 2.40. The van der Waals surface area contributed by atoms with Gasteiger partial charge in [0.2, 0.25) is 0 Å². The first-order valence-corrected chi connectivity index (χ1v) is 7.14. The second-order valence-electron chi connectivity index (χ2n) is 4.63. The van der Waals surface area contributed by atoms with Gasteiger partial charge in [-0.05, 0) is 29.7 Å². The Morgan fingerprint density at radius 1 is 0.950 bits per heavy atom. The Labute approximate surface area is 130 Å². The van der Waals surface area contributed by atoms with E-state index in [0.717, 1.165) is 5.56 Å². The first-order chi connectivity index (χ1) is 12.3. The van der Waals surface area contributed by atoms with Crippen LogP contribution in [-0.2, 0) is 0 Å². The molecule has 0 saturated carbocycles. The van der Waals surface area contributed by atoms with Crippen molar-refractivity contribution in [2.24, 2.45) is 0 Å². The van der Waals surface area contributed by atoms with Crippen molar-refractivity contribution in [1.29, 1.82) is 0 Å². The first kappa shape index (κ1) is 7.05. The summed E-state index contributed by atoms with van der Waals surface area (Å²) < 4.78 is 50.6. The summed E-state index contributed by atoms with van der Waals surface area (Å²) in [6.45, 7) is 1.72. The number of hydrogen-bond acceptors (Lipinski definition) is 1. The van der Waals surface area contributed by atoms with E-state index in [1.54, 1.807) is 6.92 Å². The molecule has 20 heavy (non-hydrogen) atoms. The average molecular weight is 280 g/mol. The molecule has 0 spiro atoms. The maximum Gasteiger partial charge on any atom is 0.0638 e. The van der Waals surface area contributed by atoms with Gasteiger partial charge < -0.3 is 0 Å². The Balaban J connectivity index is 2.32. The van der Waals surface area contributed by atoms with E-state index in [9.17, 15) is 0 Å². The molecule has 0 aliphatic carbocycles. The van der Waals surface area contributed by atoms with E-state index in [-0.39, 0.29) is 36.3 Å². The third kappa shape index (κ3) is 1.67. The van der Waals surface area contributed by atoms with Crippen LogP contribution in [0.1, 0.15) is 13.8 Å². The smallest absolute Gasteiger partial charge is 0.0638 e. The SMILES string of the molecule is [2H]c1c([2H])c(C)c2c(sc3c(-c4ccccc4)c([2H])c([2H])c([2H])c32)c1[2H]. The van der Waals surface area contributed by atoms with Gasteiger partial charge in [0.25, 0.3) is 0 Å². The topological polar surface area (TPSA) is 0 Å². The first-order valence-electron chi connectivity index (χ1n) is 9.32. The van der Waals surface area contributed by atoms with E-state index in [0.29, 0.717) is 31.3 Å². The lowest BCUT2D eigenvalue weighted by Gasteiger charge is -2.03. The number of fused-ring (bicyclic) bond motifs is 3. The monoisotopic (exact) mass is 280 g/mol. The maximum absolute atomic E-state index is 8.41. The van der Waals surface area contributed by atoms with E-state index in [2.05, 4.69) is 0 Å². The Bertz CT molecular complexity index is 1190. The predicted octanol–water partition coefficient (Wildman–Crippen LogP) is 6.03. The maximum atomic E-state index is 8.41. The summed E-state index contributed by atoms with van der Waals surface area (Å²) in [5.74, 6) is 0. The zero-order chi connectivity index (χ0) is 18.7. The van der Waals surface area contributed by atoms with E-state index in [4.69, 9.17) is 8.22 Å². The number of aryl methyl sites for hydroxylation is 1. The molecule has 96 valence electrons. The van der Waals surface area contributed by atoms with Crippen molar-refractivity contribution < 1.29 is 8.22 Å². The minimum absolute atomic E-state index is 0.0124. The molecule has 0 unspecified atom stereocenters. The standard InChI is InChI=1S/C19H14S/c1-13-7-5-12-17-18(13)16-11-6-10-15(19(16)20-17)14-8-3-2-4-9-14/h2-12H,1H3/i5D,6D,7D,10D,11D,12D. The molecule has 0 aliphatic heterocycles. The zero-order valence-electron chi connectivity index (χ0n) is 16.8. The van der Waals surface area contributed by atoms with Crippen LogP contribution in [-0.4, -0.2) is 0 Å².